The van der Waals surface area contributed by atoms with Crippen molar-refractivity contribution in [2.75, 3.05) is 6.54 Å². The van der Waals surface area contributed by atoms with E-state index in [0.717, 1.165) is 17.5 Å². The summed E-state index contributed by atoms with van der Waals surface area (Å²) in [6.45, 7) is 1.76. The average molecular weight is 361 g/mol. The quantitative estimate of drug-likeness (QED) is 0.577. The Kier molecular flexibility index (Phi) is 4.94. The number of hydrogen-bond acceptors (Lipinski definition) is 3. The van der Waals surface area contributed by atoms with Gasteiger partial charge in [0.1, 0.15) is 5.75 Å². The number of phenolic OH excluding ortho intramolecular Hbond substituents is 1. The molecule has 1 aliphatic rings. The second-order valence-electron chi connectivity index (χ2n) is 6.98. The fraction of sp³-hybridized carbons (Fsp3) is 0.227. The molecule has 1 aliphatic heterocycles. The summed E-state index contributed by atoms with van der Waals surface area (Å²) in [5.41, 5.74) is 3.41. The summed E-state index contributed by atoms with van der Waals surface area (Å²) in [4.78, 5) is 12.1. The number of hydrogen-bond donors (Lipinski definition) is 4. The molecule has 5 nitrogen and oxygen atoms in total. The average Bonchev–Trinajstić information content (AvgIpc) is 2.70. The first kappa shape index (κ1) is 17.4. The van der Waals surface area contributed by atoms with E-state index in [9.17, 15) is 9.90 Å². The summed E-state index contributed by atoms with van der Waals surface area (Å²) < 4.78 is 0. The van der Waals surface area contributed by atoms with E-state index in [2.05, 4.69) is 40.2 Å². The maximum Gasteiger partial charge on any atom is 0.315 e. The van der Waals surface area contributed by atoms with Crippen molar-refractivity contribution in [1.82, 2.24) is 16.0 Å². The van der Waals surface area contributed by atoms with Gasteiger partial charge >= 0.3 is 6.03 Å². The van der Waals surface area contributed by atoms with Crippen LogP contribution >= 0.6 is 0 Å². The van der Waals surface area contributed by atoms with Crippen molar-refractivity contribution in [3.8, 4) is 5.75 Å². The lowest BCUT2D eigenvalue weighted by Crippen LogP contribution is -2.46. The molecule has 0 saturated heterocycles. The first-order chi connectivity index (χ1) is 13.2. The van der Waals surface area contributed by atoms with Crippen molar-refractivity contribution >= 4 is 16.8 Å². The topological polar surface area (TPSA) is 73.4 Å². The number of benzene rings is 3. The molecule has 1 unspecified atom stereocenters. The predicted molar refractivity (Wildman–Crippen MR) is 107 cm³/mol. The molecule has 2 amide bonds. The number of nitrogens with one attached hydrogen (secondary N) is 3. The van der Waals surface area contributed by atoms with Gasteiger partial charge in [-0.2, -0.15) is 0 Å². The maximum atomic E-state index is 12.1. The van der Waals surface area contributed by atoms with Gasteiger partial charge in [0, 0.05) is 25.7 Å². The minimum absolute atomic E-state index is 0.165. The van der Waals surface area contributed by atoms with E-state index in [0.29, 0.717) is 25.4 Å². The summed E-state index contributed by atoms with van der Waals surface area (Å²) in [5.74, 6) is 0.292. The molecule has 0 aliphatic carbocycles. The SMILES string of the molecule is O=C(NCc1ccc2ccccc2c1)NCC1Cc2ccc(O)cc2CN1. The molecule has 3 aromatic carbocycles. The standard InChI is InChI=1S/C22H23N3O2/c26-21-8-7-18-10-20(23-13-19(18)11-21)14-25-22(27)24-12-15-5-6-16-3-1-2-4-17(16)9-15/h1-9,11,20,23,26H,10,12-14H2,(H2,24,25,27). The van der Waals surface area contributed by atoms with E-state index in [-0.39, 0.29) is 12.1 Å². The highest BCUT2D eigenvalue weighted by Gasteiger charge is 2.18. The molecular weight excluding hydrogens is 338 g/mol. The number of rotatable bonds is 4. The first-order valence-electron chi connectivity index (χ1n) is 9.21. The lowest BCUT2D eigenvalue weighted by molar-refractivity contribution is 0.239. The van der Waals surface area contributed by atoms with Crippen LogP contribution in [-0.2, 0) is 19.5 Å². The Balaban J connectivity index is 1.26. The van der Waals surface area contributed by atoms with Gasteiger partial charge in [0.25, 0.3) is 0 Å². The minimum atomic E-state index is -0.165. The molecule has 0 spiro atoms. The number of carbonyl (C=O) groups excluding carboxylic acids is 1. The van der Waals surface area contributed by atoms with Crippen LogP contribution in [0, 0.1) is 0 Å². The van der Waals surface area contributed by atoms with Crippen LogP contribution in [0.2, 0.25) is 0 Å². The second-order valence-corrected chi connectivity index (χ2v) is 6.98. The van der Waals surface area contributed by atoms with Gasteiger partial charge in [-0.3, -0.25) is 0 Å². The lowest BCUT2D eigenvalue weighted by Gasteiger charge is -2.26. The summed E-state index contributed by atoms with van der Waals surface area (Å²) in [7, 11) is 0. The maximum absolute atomic E-state index is 12.1. The van der Waals surface area contributed by atoms with Crippen LogP contribution in [0.25, 0.3) is 10.8 Å². The molecule has 3 aromatic rings. The van der Waals surface area contributed by atoms with Gasteiger partial charge in [-0.25, -0.2) is 4.79 Å². The third-order valence-electron chi connectivity index (χ3n) is 5.01. The molecule has 5 heteroatoms. The molecule has 1 heterocycles. The highest BCUT2D eigenvalue weighted by atomic mass is 16.3. The van der Waals surface area contributed by atoms with Crippen molar-refractivity contribution < 1.29 is 9.90 Å². The van der Waals surface area contributed by atoms with Crippen molar-refractivity contribution in [3.05, 3.63) is 77.4 Å². The van der Waals surface area contributed by atoms with E-state index >= 15 is 0 Å². The van der Waals surface area contributed by atoms with Crippen molar-refractivity contribution in [3.63, 3.8) is 0 Å². The predicted octanol–water partition coefficient (Wildman–Crippen LogP) is 3.06. The molecule has 0 radical (unpaired) electrons. The number of carbonyl (C=O) groups is 1. The normalized spacial score (nSPS) is 15.9. The van der Waals surface area contributed by atoms with E-state index in [4.69, 9.17) is 0 Å². The summed E-state index contributed by atoms with van der Waals surface area (Å²) >= 11 is 0. The fourth-order valence-electron chi connectivity index (χ4n) is 3.52. The first-order valence-corrected chi connectivity index (χ1v) is 9.21. The molecule has 0 fully saturated rings. The highest BCUT2D eigenvalue weighted by Crippen LogP contribution is 2.21. The van der Waals surface area contributed by atoms with Gasteiger partial charge in [0.15, 0.2) is 0 Å². The van der Waals surface area contributed by atoms with Gasteiger partial charge in [0.2, 0.25) is 0 Å². The molecule has 0 aromatic heterocycles. The van der Waals surface area contributed by atoms with Gasteiger partial charge in [0.05, 0.1) is 0 Å². The lowest BCUT2D eigenvalue weighted by atomic mass is 9.95. The van der Waals surface area contributed by atoms with Gasteiger partial charge < -0.3 is 21.1 Å². The summed E-state index contributed by atoms with van der Waals surface area (Å²) in [6, 6.07) is 19.9. The molecule has 4 N–H and O–H groups in total. The van der Waals surface area contributed by atoms with Gasteiger partial charge in [-0.15, -0.1) is 0 Å². The number of phenols is 1. The molecule has 27 heavy (non-hydrogen) atoms. The Bertz CT molecular complexity index is 971. The summed E-state index contributed by atoms with van der Waals surface area (Å²) in [5, 5.41) is 21.2. The monoisotopic (exact) mass is 361 g/mol. The Morgan fingerprint density at radius 2 is 1.85 bits per heavy atom. The van der Waals surface area contributed by atoms with E-state index < -0.39 is 0 Å². The smallest absolute Gasteiger partial charge is 0.315 e. The molecule has 0 bridgehead atoms. The minimum Gasteiger partial charge on any atom is -0.508 e. The number of urea groups is 1. The van der Waals surface area contributed by atoms with E-state index in [1.807, 2.05) is 24.3 Å². The van der Waals surface area contributed by atoms with Crippen LogP contribution < -0.4 is 16.0 Å². The zero-order chi connectivity index (χ0) is 18.6. The molecule has 1 atom stereocenters. The van der Waals surface area contributed by atoms with Crippen LogP contribution in [0.4, 0.5) is 4.79 Å². The highest BCUT2D eigenvalue weighted by molar-refractivity contribution is 5.83. The third-order valence-corrected chi connectivity index (χ3v) is 5.01. The van der Waals surface area contributed by atoms with Crippen LogP contribution in [0.15, 0.2) is 60.7 Å². The van der Waals surface area contributed by atoms with Crippen LogP contribution in [0.5, 0.6) is 5.75 Å². The van der Waals surface area contributed by atoms with Gasteiger partial charge in [-0.05, 0) is 52.1 Å². The number of fused-ring (bicyclic) bond motifs is 2. The van der Waals surface area contributed by atoms with E-state index in [1.54, 1.807) is 12.1 Å². The fourth-order valence-corrected chi connectivity index (χ4v) is 3.52. The third kappa shape index (κ3) is 4.20. The Labute approximate surface area is 158 Å². The van der Waals surface area contributed by atoms with Gasteiger partial charge in [-0.1, -0.05) is 42.5 Å². The van der Waals surface area contributed by atoms with Crippen molar-refractivity contribution in [1.29, 1.82) is 0 Å². The second kappa shape index (κ2) is 7.68. The van der Waals surface area contributed by atoms with Crippen molar-refractivity contribution in [2.45, 2.75) is 25.6 Å². The van der Waals surface area contributed by atoms with Crippen LogP contribution in [0.1, 0.15) is 16.7 Å². The van der Waals surface area contributed by atoms with Crippen LogP contribution in [0.3, 0.4) is 0 Å². The molecule has 0 saturated carbocycles. The molecule has 4 rings (SSSR count). The van der Waals surface area contributed by atoms with E-state index in [1.165, 1.54) is 16.3 Å². The van der Waals surface area contributed by atoms with Crippen LogP contribution in [-0.4, -0.2) is 23.7 Å². The molecule has 138 valence electrons. The zero-order valence-electron chi connectivity index (χ0n) is 15.0. The Hall–Kier alpha value is -3.05. The zero-order valence-corrected chi connectivity index (χ0v) is 15.0. The Morgan fingerprint density at radius 3 is 2.74 bits per heavy atom. The number of amides is 2. The Morgan fingerprint density at radius 1 is 1.00 bits per heavy atom. The largest absolute Gasteiger partial charge is 0.508 e. The number of aromatic hydroxyl groups is 1. The van der Waals surface area contributed by atoms with Crippen molar-refractivity contribution in [2.24, 2.45) is 0 Å². The molecular formula is C22H23N3O2. The summed E-state index contributed by atoms with van der Waals surface area (Å²) in [6.07, 6.45) is 0.834.